The van der Waals surface area contributed by atoms with Crippen LogP contribution >= 0.6 is 0 Å². The Hall–Kier alpha value is -1.71. The lowest BCUT2D eigenvalue weighted by molar-refractivity contribution is 0.00889. The number of hydrogen-bond acceptors (Lipinski definition) is 4. The molecule has 0 saturated heterocycles. The van der Waals surface area contributed by atoms with Gasteiger partial charge in [-0.15, -0.1) is 0 Å². The Bertz CT molecular complexity index is 524. The highest BCUT2D eigenvalue weighted by atomic mass is 19.2. The van der Waals surface area contributed by atoms with Crippen molar-refractivity contribution < 1.29 is 37.7 Å². The topological polar surface area (TPSA) is 89.8 Å². The molecular formula is C12H13F4NO4. The van der Waals surface area contributed by atoms with Crippen molar-refractivity contribution in [1.29, 1.82) is 0 Å². The third kappa shape index (κ3) is 3.31. The van der Waals surface area contributed by atoms with Crippen molar-refractivity contribution in [2.45, 2.75) is 18.6 Å². The first-order valence-corrected chi connectivity index (χ1v) is 5.83. The molecule has 0 aromatic heterocycles. The van der Waals surface area contributed by atoms with Crippen LogP contribution in [-0.4, -0.2) is 41.0 Å². The van der Waals surface area contributed by atoms with E-state index in [1.54, 1.807) is 0 Å². The van der Waals surface area contributed by atoms with Gasteiger partial charge in [-0.2, -0.15) is 0 Å². The number of benzene rings is 1. The Morgan fingerprint density at radius 2 is 1.57 bits per heavy atom. The maximum absolute atomic E-state index is 13.7. The zero-order valence-electron chi connectivity index (χ0n) is 10.8. The molecule has 0 saturated carbocycles. The van der Waals surface area contributed by atoms with Crippen LogP contribution in [0.4, 0.5) is 17.6 Å². The molecule has 0 spiro atoms. The van der Waals surface area contributed by atoms with Crippen molar-refractivity contribution in [3.63, 3.8) is 0 Å². The third-order valence-corrected chi connectivity index (χ3v) is 2.86. The number of aliphatic hydroxyl groups is 2. The van der Waals surface area contributed by atoms with Gasteiger partial charge in [0.2, 0.25) is 0 Å². The molecule has 118 valence electrons. The molecule has 1 aromatic carbocycles. The largest absolute Gasteiger partial charge is 0.477 e. The van der Waals surface area contributed by atoms with Crippen LogP contribution in [0.15, 0.2) is 0 Å². The molecule has 9 heteroatoms. The first-order chi connectivity index (χ1) is 9.73. The van der Waals surface area contributed by atoms with Crippen LogP contribution in [0.2, 0.25) is 0 Å². The molecule has 21 heavy (non-hydrogen) atoms. The van der Waals surface area contributed by atoms with E-state index in [9.17, 15) is 32.6 Å². The molecule has 1 aromatic rings. The van der Waals surface area contributed by atoms with Crippen LogP contribution < -0.4 is 5.32 Å². The normalized spacial score (nSPS) is 14.0. The maximum atomic E-state index is 13.7. The molecule has 0 fully saturated rings. The SMILES string of the molecule is CNCCC(O)C(O)c1c(F)c(F)c(C(=O)O)c(F)c1F. The summed E-state index contributed by atoms with van der Waals surface area (Å²) in [5.74, 6) is -10.6. The molecule has 2 unspecified atom stereocenters. The van der Waals surface area contributed by atoms with Crippen molar-refractivity contribution in [2.75, 3.05) is 13.6 Å². The highest BCUT2D eigenvalue weighted by Crippen LogP contribution is 2.30. The summed E-state index contributed by atoms with van der Waals surface area (Å²) in [5, 5.41) is 30.3. The van der Waals surface area contributed by atoms with E-state index in [0.717, 1.165) is 0 Å². The van der Waals surface area contributed by atoms with Crippen LogP contribution in [-0.2, 0) is 0 Å². The van der Waals surface area contributed by atoms with Crippen molar-refractivity contribution >= 4 is 5.97 Å². The van der Waals surface area contributed by atoms with Gasteiger partial charge in [0.25, 0.3) is 0 Å². The van der Waals surface area contributed by atoms with Crippen LogP contribution in [0, 0.1) is 23.3 Å². The van der Waals surface area contributed by atoms with Gasteiger partial charge in [-0.3, -0.25) is 0 Å². The average Bonchev–Trinajstić information content (AvgIpc) is 2.42. The van der Waals surface area contributed by atoms with E-state index in [1.807, 2.05) is 0 Å². The summed E-state index contributed by atoms with van der Waals surface area (Å²) in [5.41, 5.74) is -3.25. The Morgan fingerprint density at radius 3 is 1.95 bits per heavy atom. The second-order valence-corrected chi connectivity index (χ2v) is 4.25. The fraction of sp³-hybridized carbons (Fsp3) is 0.417. The molecule has 0 aliphatic heterocycles. The number of carboxylic acid groups (broad SMARTS) is 1. The molecule has 0 radical (unpaired) electrons. The highest BCUT2D eigenvalue weighted by molar-refractivity contribution is 5.88. The Morgan fingerprint density at radius 1 is 1.10 bits per heavy atom. The number of aromatic carboxylic acids is 1. The van der Waals surface area contributed by atoms with Gasteiger partial charge in [-0.05, 0) is 20.0 Å². The van der Waals surface area contributed by atoms with Gasteiger partial charge in [-0.1, -0.05) is 0 Å². The lowest BCUT2D eigenvalue weighted by atomic mass is 9.98. The second-order valence-electron chi connectivity index (χ2n) is 4.25. The van der Waals surface area contributed by atoms with Crippen LogP contribution in [0.5, 0.6) is 0 Å². The minimum Gasteiger partial charge on any atom is -0.477 e. The summed E-state index contributed by atoms with van der Waals surface area (Å²) in [4.78, 5) is 10.6. The van der Waals surface area contributed by atoms with Crippen LogP contribution in [0.25, 0.3) is 0 Å². The molecule has 0 aliphatic rings. The Balaban J connectivity index is 3.35. The lowest BCUT2D eigenvalue weighted by Gasteiger charge is -2.20. The second kappa shape index (κ2) is 6.83. The predicted octanol–water partition coefficient (Wildman–Crippen LogP) is 0.945. The number of rotatable bonds is 6. The smallest absolute Gasteiger partial charge is 0.341 e. The van der Waals surface area contributed by atoms with Crippen molar-refractivity contribution in [3.05, 3.63) is 34.4 Å². The molecule has 5 nitrogen and oxygen atoms in total. The van der Waals surface area contributed by atoms with Gasteiger partial charge < -0.3 is 20.6 Å². The maximum Gasteiger partial charge on any atom is 0.341 e. The summed E-state index contributed by atoms with van der Waals surface area (Å²) in [6, 6.07) is 0. The summed E-state index contributed by atoms with van der Waals surface area (Å²) in [6.07, 6.45) is -4.10. The van der Waals surface area contributed by atoms with E-state index >= 15 is 0 Å². The zero-order chi connectivity index (χ0) is 16.3. The molecule has 2 atom stereocenters. The lowest BCUT2D eigenvalue weighted by Crippen LogP contribution is -2.26. The fourth-order valence-corrected chi connectivity index (χ4v) is 1.74. The predicted molar refractivity (Wildman–Crippen MR) is 62.7 cm³/mol. The number of carboxylic acids is 1. The monoisotopic (exact) mass is 311 g/mol. The molecule has 0 amide bonds. The Labute approximate surface area is 116 Å². The molecule has 4 N–H and O–H groups in total. The van der Waals surface area contributed by atoms with E-state index in [0.29, 0.717) is 0 Å². The van der Waals surface area contributed by atoms with Gasteiger partial charge in [0.15, 0.2) is 23.3 Å². The van der Waals surface area contributed by atoms with E-state index < -0.39 is 52.6 Å². The number of halogens is 4. The third-order valence-electron chi connectivity index (χ3n) is 2.86. The van der Waals surface area contributed by atoms with Crippen molar-refractivity contribution in [2.24, 2.45) is 0 Å². The minimum atomic E-state index is -2.25. The van der Waals surface area contributed by atoms with E-state index in [4.69, 9.17) is 5.11 Å². The van der Waals surface area contributed by atoms with Gasteiger partial charge in [0.1, 0.15) is 11.7 Å². The first-order valence-electron chi connectivity index (χ1n) is 5.83. The zero-order valence-corrected chi connectivity index (χ0v) is 10.8. The van der Waals surface area contributed by atoms with E-state index in [-0.39, 0.29) is 13.0 Å². The summed E-state index contributed by atoms with van der Waals surface area (Å²) in [6.45, 7) is 0.166. The molecule has 0 heterocycles. The molecule has 1 rings (SSSR count). The summed E-state index contributed by atoms with van der Waals surface area (Å²) < 4.78 is 54.3. The first kappa shape index (κ1) is 17.3. The molecule has 0 bridgehead atoms. The van der Waals surface area contributed by atoms with Gasteiger partial charge in [0.05, 0.1) is 11.7 Å². The standard InChI is InChI=1S/C12H13F4NO4/c1-17-3-2-4(18)11(19)5-7(13)9(15)6(12(20)21)10(16)8(5)14/h4,11,17-19H,2-3H2,1H3,(H,20,21). The number of hydrogen-bond donors (Lipinski definition) is 4. The van der Waals surface area contributed by atoms with Crippen molar-refractivity contribution in [3.8, 4) is 0 Å². The summed E-state index contributed by atoms with van der Waals surface area (Å²) >= 11 is 0. The number of aliphatic hydroxyl groups excluding tert-OH is 2. The van der Waals surface area contributed by atoms with Crippen LogP contribution in [0.1, 0.15) is 28.4 Å². The quantitative estimate of drug-likeness (QED) is 0.464. The van der Waals surface area contributed by atoms with Gasteiger partial charge >= 0.3 is 5.97 Å². The summed E-state index contributed by atoms with van der Waals surface area (Å²) in [7, 11) is 1.52. The average molecular weight is 311 g/mol. The van der Waals surface area contributed by atoms with Gasteiger partial charge in [0, 0.05) is 0 Å². The number of carbonyl (C=O) groups is 1. The Kier molecular flexibility index (Phi) is 5.64. The fourth-order valence-electron chi connectivity index (χ4n) is 1.74. The number of nitrogens with one attached hydrogen (secondary N) is 1. The molecule has 0 aliphatic carbocycles. The van der Waals surface area contributed by atoms with E-state index in [2.05, 4.69) is 5.32 Å². The van der Waals surface area contributed by atoms with Crippen LogP contribution in [0.3, 0.4) is 0 Å². The van der Waals surface area contributed by atoms with E-state index in [1.165, 1.54) is 7.05 Å². The highest BCUT2D eigenvalue weighted by Gasteiger charge is 2.34. The minimum absolute atomic E-state index is 0.152. The molecular weight excluding hydrogens is 298 g/mol. The van der Waals surface area contributed by atoms with Crippen molar-refractivity contribution in [1.82, 2.24) is 5.32 Å². The van der Waals surface area contributed by atoms with Gasteiger partial charge in [-0.25, -0.2) is 22.4 Å².